The van der Waals surface area contributed by atoms with Gasteiger partial charge in [0.15, 0.2) is 0 Å². The number of aromatic carboxylic acids is 1. The fourth-order valence-electron chi connectivity index (χ4n) is 1.70. The first-order chi connectivity index (χ1) is 7.66. The summed E-state index contributed by atoms with van der Waals surface area (Å²) in [6.07, 6.45) is 0.785. The molecule has 1 N–H and O–H groups in total. The fourth-order valence-corrected chi connectivity index (χ4v) is 1.70. The van der Waals surface area contributed by atoms with Crippen molar-refractivity contribution in [2.45, 2.75) is 19.4 Å². The molecule has 0 spiro atoms. The number of hydrogen-bond donors (Lipinski definition) is 1. The number of rotatable bonds is 3. The van der Waals surface area contributed by atoms with Gasteiger partial charge in [-0.15, -0.1) is 0 Å². The molecule has 0 aromatic heterocycles. The zero-order valence-corrected chi connectivity index (χ0v) is 9.10. The van der Waals surface area contributed by atoms with Crippen LogP contribution in [0.3, 0.4) is 0 Å². The number of ether oxygens (including phenoxy) is 2. The minimum atomic E-state index is -0.961. The molecule has 1 unspecified atom stereocenters. The molecule has 1 aromatic carbocycles. The van der Waals surface area contributed by atoms with Crippen LogP contribution < -0.4 is 4.74 Å². The molecule has 4 heteroatoms. The van der Waals surface area contributed by atoms with E-state index in [9.17, 15) is 4.79 Å². The van der Waals surface area contributed by atoms with E-state index in [1.54, 1.807) is 12.1 Å². The number of benzene rings is 1. The van der Waals surface area contributed by atoms with Crippen LogP contribution in [0.2, 0.25) is 0 Å². The van der Waals surface area contributed by atoms with Crippen molar-refractivity contribution < 1.29 is 19.4 Å². The van der Waals surface area contributed by atoms with Crippen LogP contribution in [-0.2, 0) is 4.74 Å². The van der Waals surface area contributed by atoms with Crippen LogP contribution in [0.25, 0.3) is 0 Å². The highest BCUT2D eigenvalue weighted by molar-refractivity contribution is 5.91. The van der Waals surface area contributed by atoms with E-state index in [0.29, 0.717) is 19.0 Å². The van der Waals surface area contributed by atoms with Crippen LogP contribution in [-0.4, -0.2) is 30.4 Å². The van der Waals surface area contributed by atoms with Gasteiger partial charge in [-0.05, 0) is 19.1 Å². The van der Waals surface area contributed by atoms with Gasteiger partial charge in [0, 0.05) is 6.42 Å². The van der Waals surface area contributed by atoms with Gasteiger partial charge in [-0.2, -0.15) is 0 Å². The summed E-state index contributed by atoms with van der Waals surface area (Å²) in [4.78, 5) is 11.0. The van der Waals surface area contributed by atoms with E-state index >= 15 is 0 Å². The standard InChI is InChI=1S/C12H14O4/c1-8-2-3-11(10(6-8)12(13)14)16-9-4-5-15-7-9/h2-3,6,9H,4-5,7H2,1H3,(H,13,14). The van der Waals surface area contributed by atoms with E-state index in [4.69, 9.17) is 14.6 Å². The monoisotopic (exact) mass is 222 g/mol. The normalized spacial score (nSPS) is 19.7. The maximum absolute atomic E-state index is 11.0. The molecule has 0 amide bonds. The van der Waals surface area contributed by atoms with Gasteiger partial charge in [-0.25, -0.2) is 4.79 Å². The predicted octanol–water partition coefficient (Wildman–Crippen LogP) is 1.86. The van der Waals surface area contributed by atoms with Gasteiger partial charge < -0.3 is 14.6 Å². The van der Waals surface area contributed by atoms with Gasteiger partial charge in [0.1, 0.15) is 17.4 Å². The molecule has 0 saturated carbocycles. The molecule has 1 aliphatic rings. The van der Waals surface area contributed by atoms with Crippen molar-refractivity contribution in [3.8, 4) is 5.75 Å². The quantitative estimate of drug-likeness (QED) is 0.848. The molecule has 1 fully saturated rings. The average Bonchev–Trinajstić information content (AvgIpc) is 2.73. The van der Waals surface area contributed by atoms with Crippen molar-refractivity contribution in [2.24, 2.45) is 0 Å². The molecule has 1 aliphatic heterocycles. The van der Waals surface area contributed by atoms with Crippen LogP contribution in [0.4, 0.5) is 0 Å². The van der Waals surface area contributed by atoms with E-state index in [1.165, 1.54) is 0 Å². The highest BCUT2D eigenvalue weighted by Gasteiger charge is 2.20. The minimum Gasteiger partial charge on any atom is -0.487 e. The van der Waals surface area contributed by atoms with Crippen molar-refractivity contribution in [1.82, 2.24) is 0 Å². The van der Waals surface area contributed by atoms with Crippen LogP contribution in [0.15, 0.2) is 18.2 Å². The second kappa shape index (κ2) is 4.53. The van der Waals surface area contributed by atoms with Crippen molar-refractivity contribution in [2.75, 3.05) is 13.2 Å². The number of carboxylic acids is 1. The van der Waals surface area contributed by atoms with E-state index in [2.05, 4.69) is 0 Å². The first-order valence-corrected chi connectivity index (χ1v) is 5.25. The molecule has 1 heterocycles. The Bertz CT molecular complexity index is 394. The molecule has 1 aromatic rings. The zero-order valence-electron chi connectivity index (χ0n) is 9.10. The topological polar surface area (TPSA) is 55.8 Å². The molecular weight excluding hydrogens is 208 g/mol. The summed E-state index contributed by atoms with van der Waals surface area (Å²) >= 11 is 0. The Labute approximate surface area is 93.8 Å². The number of carboxylic acid groups (broad SMARTS) is 1. The van der Waals surface area contributed by atoms with Gasteiger partial charge in [0.05, 0.1) is 13.2 Å². The Hall–Kier alpha value is -1.55. The average molecular weight is 222 g/mol. The maximum Gasteiger partial charge on any atom is 0.339 e. The molecule has 4 nitrogen and oxygen atoms in total. The summed E-state index contributed by atoms with van der Waals surface area (Å²) in [6, 6.07) is 5.17. The van der Waals surface area contributed by atoms with Crippen LogP contribution >= 0.6 is 0 Å². The highest BCUT2D eigenvalue weighted by Crippen LogP contribution is 2.23. The number of carbonyl (C=O) groups is 1. The molecule has 0 aliphatic carbocycles. The first-order valence-electron chi connectivity index (χ1n) is 5.25. The Morgan fingerprint density at radius 2 is 2.38 bits per heavy atom. The molecule has 2 rings (SSSR count). The van der Waals surface area contributed by atoms with Gasteiger partial charge >= 0.3 is 5.97 Å². The minimum absolute atomic E-state index is 0.0270. The number of hydrogen-bond acceptors (Lipinski definition) is 3. The van der Waals surface area contributed by atoms with E-state index in [0.717, 1.165) is 12.0 Å². The smallest absolute Gasteiger partial charge is 0.339 e. The third kappa shape index (κ3) is 2.33. The summed E-state index contributed by atoms with van der Waals surface area (Å²) in [5.41, 5.74) is 1.12. The molecule has 86 valence electrons. The van der Waals surface area contributed by atoms with Gasteiger partial charge in [0.2, 0.25) is 0 Å². The van der Waals surface area contributed by atoms with Gasteiger partial charge in [-0.1, -0.05) is 11.6 Å². The third-order valence-electron chi connectivity index (χ3n) is 2.55. The molecule has 0 radical (unpaired) electrons. The van der Waals surface area contributed by atoms with E-state index in [-0.39, 0.29) is 11.7 Å². The molecular formula is C12H14O4. The van der Waals surface area contributed by atoms with Crippen LogP contribution in [0, 0.1) is 6.92 Å². The highest BCUT2D eigenvalue weighted by atomic mass is 16.5. The maximum atomic E-state index is 11.0. The Morgan fingerprint density at radius 3 is 3.00 bits per heavy atom. The van der Waals surface area contributed by atoms with Gasteiger partial charge in [-0.3, -0.25) is 0 Å². The largest absolute Gasteiger partial charge is 0.487 e. The van der Waals surface area contributed by atoms with Crippen molar-refractivity contribution in [3.63, 3.8) is 0 Å². The van der Waals surface area contributed by atoms with Crippen molar-refractivity contribution in [1.29, 1.82) is 0 Å². The molecule has 1 atom stereocenters. The lowest BCUT2D eigenvalue weighted by Crippen LogP contribution is -2.17. The molecule has 1 saturated heterocycles. The lowest BCUT2D eigenvalue weighted by molar-refractivity contribution is 0.0687. The lowest BCUT2D eigenvalue weighted by atomic mass is 10.1. The van der Waals surface area contributed by atoms with Gasteiger partial charge in [0.25, 0.3) is 0 Å². The first kappa shape index (κ1) is 11.0. The lowest BCUT2D eigenvalue weighted by Gasteiger charge is -2.14. The second-order valence-electron chi connectivity index (χ2n) is 3.91. The molecule has 16 heavy (non-hydrogen) atoms. The summed E-state index contributed by atoms with van der Waals surface area (Å²) in [5, 5.41) is 9.05. The summed E-state index contributed by atoms with van der Waals surface area (Å²) in [6.45, 7) is 3.07. The second-order valence-corrected chi connectivity index (χ2v) is 3.91. The predicted molar refractivity (Wildman–Crippen MR) is 58.0 cm³/mol. The summed E-state index contributed by atoms with van der Waals surface area (Å²) < 4.78 is 10.8. The van der Waals surface area contributed by atoms with Crippen molar-refractivity contribution >= 4 is 5.97 Å². The molecule has 0 bridgehead atoms. The SMILES string of the molecule is Cc1ccc(OC2CCOC2)c(C(=O)O)c1. The Kier molecular flexibility index (Phi) is 3.10. The third-order valence-corrected chi connectivity index (χ3v) is 2.55. The van der Waals surface area contributed by atoms with Crippen molar-refractivity contribution in [3.05, 3.63) is 29.3 Å². The van der Waals surface area contributed by atoms with E-state index in [1.807, 2.05) is 13.0 Å². The van der Waals surface area contributed by atoms with Crippen LogP contribution in [0.5, 0.6) is 5.75 Å². The van der Waals surface area contributed by atoms with Crippen LogP contribution in [0.1, 0.15) is 22.3 Å². The summed E-state index contributed by atoms with van der Waals surface area (Å²) in [7, 11) is 0. The summed E-state index contributed by atoms with van der Waals surface area (Å²) in [5.74, 6) is -0.536. The number of aryl methyl sites for hydroxylation is 1. The fraction of sp³-hybridized carbons (Fsp3) is 0.417. The Balaban J connectivity index is 2.21. The van der Waals surface area contributed by atoms with E-state index < -0.39 is 5.97 Å². The zero-order chi connectivity index (χ0) is 11.5. The Morgan fingerprint density at radius 1 is 1.56 bits per heavy atom.